The van der Waals surface area contributed by atoms with Crippen LogP contribution in [-0.2, 0) is 14.8 Å². The lowest BCUT2D eigenvalue weighted by molar-refractivity contribution is 0.0297. The molecule has 1 aromatic heterocycles. The van der Waals surface area contributed by atoms with Crippen molar-refractivity contribution in [3.8, 4) is 0 Å². The monoisotopic (exact) mass is 415 g/mol. The van der Waals surface area contributed by atoms with Gasteiger partial charge in [0, 0.05) is 13.1 Å². The number of nitrogens with one attached hydrogen (secondary N) is 1. The van der Waals surface area contributed by atoms with Crippen molar-refractivity contribution in [2.24, 2.45) is 0 Å². The number of nitrogens with zero attached hydrogens (tertiary/aromatic N) is 2. The Kier molecular flexibility index (Phi) is 5.01. The third-order valence-corrected chi connectivity index (χ3v) is 6.46. The summed E-state index contributed by atoms with van der Waals surface area (Å²) in [6.45, 7) is 5.61. The number of aromatic nitrogens is 1. The molecule has 1 fully saturated rings. The molecule has 2 heterocycles. The summed E-state index contributed by atoms with van der Waals surface area (Å²) < 4.78 is 39.0. The minimum Gasteiger partial charge on any atom is -0.378 e. The van der Waals surface area contributed by atoms with Crippen LogP contribution in [0.2, 0.25) is 0 Å². The van der Waals surface area contributed by atoms with Crippen LogP contribution in [0.3, 0.4) is 0 Å². The Hall–Kier alpha value is -2.91. The van der Waals surface area contributed by atoms with Crippen LogP contribution in [0, 0.1) is 13.8 Å². The van der Waals surface area contributed by atoms with Gasteiger partial charge in [-0.25, -0.2) is 8.42 Å². The highest BCUT2D eigenvalue weighted by molar-refractivity contribution is 7.92. The summed E-state index contributed by atoms with van der Waals surface area (Å²) in [4.78, 5) is 14.4. The molecule has 1 aliphatic rings. The second kappa shape index (κ2) is 7.49. The van der Waals surface area contributed by atoms with Crippen molar-refractivity contribution in [2.75, 3.05) is 31.0 Å². The topological polar surface area (TPSA) is 102 Å². The number of ether oxygens (including phenoxy) is 1. The minimum absolute atomic E-state index is 0.0325. The van der Waals surface area contributed by atoms with Crippen LogP contribution in [0.25, 0.3) is 11.0 Å². The molecule has 0 atom stereocenters. The van der Waals surface area contributed by atoms with Crippen LogP contribution >= 0.6 is 0 Å². The van der Waals surface area contributed by atoms with Crippen molar-refractivity contribution in [1.82, 2.24) is 10.1 Å². The van der Waals surface area contributed by atoms with Gasteiger partial charge in [0.05, 0.1) is 29.2 Å². The number of amides is 1. The normalized spacial score (nSPS) is 14.9. The van der Waals surface area contributed by atoms with Crippen LogP contribution < -0.4 is 4.72 Å². The van der Waals surface area contributed by atoms with E-state index in [4.69, 9.17) is 9.26 Å². The van der Waals surface area contributed by atoms with Crippen molar-refractivity contribution >= 4 is 32.6 Å². The second-order valence-electron chi connectivity index (χ2n) is 6.95. The van der Waals surface area contributed by atoms with Gasteiger partial charge in [0.2, 0.25) is 0 Å². The first-order chi connectivity index (χ1) is 13.9. The molecule has 0 spiro atoms. The number of rotatable bonds is 4. The summed E-state index contributed by atoms with van der Waals surface area (Å²) in [6.07, 6.45) is 0. The van der Waals surface area contributed by atoms with Crippen molar-refractivity contribution in [2.45, 2.75) is 18.7 Å². The molecule has 1 aliphatic heterocycles. The molecule has 4 rings (SSSR count). The van der Waals surface area contributed by atoms with Gasteiger partial charge in [-0.05, 0) is 49.2 Å². The zero-order chi connectivity index (χ0) is 20.6. The molecule has 8 nitrogen and oxygen atoms in total. The Morgan fingerprint density at radius 1 is 1.14 bits per heavy atom. The van der Waals surface area contributed by atoms with E-state index in [-0.39, 0.29) is 16.5 Å². The molecule has 1 amide bonds. The predicted octanol–water partition coefficient (Wildman–Crippen LogP) is 2.72. The molecule has 9 heteroatoms. The first-order valence-corrected chi connectivity index (χ1v) is 10.7. The number of hydrogen-bond donors (Lipinski definition) is 1. The Morgan fingerprint density at radius 3 is 2.66 bits per heavy atom. The van der Waals surface area contributed by atoms with Gasteiger partial charge in [-0.3, -0.25) is 9.52 Å². The van der Waals surface area contributed by atoms with E-state index >= 15 is 0 Å². The highest BCUT2D eigenvalue weighted by Gasteiger charge is 2.25. The first-order valence-electron chi connectivity index (χ1n) is 9.22. The van der Waals surface area contributed by atoms with Crippen LogP contribution in [-0.4, -0.2) is 50.7 Å². The lowest BCUT2D eigenvalue weighted by atomic mass is 10.1. The van der Waals surface area contributed by atoms with Crippen molar-refractivity contribution in [3.05, 3.63) is 53.2 Å². The zero-order valence-electron chi connectivity index (χ0n) is 16.1. The number of aryl methyl sites for hydroxylation is 1. The number of carbonyl (C=O) groups is 1. The molecule has 3 aromatic rings. The van der Waals surface area contributed by atoms with Crippen LogP contribution in [0.1, 0.15) is 21.6 Å². The van der Waals surface area contributed by atoms with Gasteiger partial charge in [0.25, 0.3) is 15.9 Å². The van der Waals surface area contributed by atoms with Crippen molar-refractivity contribution in [3.63, 3.8) is 0 Å². The number of fused-ring (bicyclic) bond motifs is 1. The molecule has 152 valence electrons. The molecule has 0 saturated carbocycles. The van der Waals surface area contributed by atoms with E-state index in [1.54, 1.807) is 17.0 Å². The number of morpholine rings is 1. The van der Waals surface area contributed by atoms with E-state index in [0.29, 0.717) is 43.0 Å². The molecule has 2 aromatic carbocycles. The maximum absolute atomic E-state index is 12.9. The van der Waals surface area contributed by atoms with Crippen molar-refractivity contribution in [1.29, 1.82) is 0 Å². The highest BCUT2D eigenvalue weighted by Crippen LogP contribution is 2.26. The van der Waals surface area contributed by atoms with E-state index < -0.39 is 10.0 Å². The molecule has 29 heavy (non-hydrogen) atoms. The number of anilines is 1. The molecular weight excluding hydrogens is 394 g/mol. The number of carbonyl (C=O) groups excluding carboxylic acids is 1. The molecule has 0 bridgehead atoms. The zero-order valence-corrected chi connectivity index (χ0v) is 17.0. The number of benzene rings is 2. The van der Waals surface area contributed by atoms with E-state index in [1.165, 1.54) is 18.2 Å². The van der Waals surface area contributed by atoms with Gasteiger partial charge in [-0.2, -0.15) is 0 Å². The summed E-state index contributed by atoms with van der Waals surface area (Å²) in [6, 6.07) is 9.79. The average Bonchev–Trinajstić information content (AvgIpc) is 3.15. The highest BCUT2D eigenvalue weighted by atomic mass is 32.2. The second-order valence-corrected chi connectivity index (χ2v) is 8.63. The van der Waals surface area contributed by atoms with Gasteiger partial charge < -0.3 is 14.2 Å². The van der Waals surface area contributed by atoms with E-state index in [0.717, 1.165) is 11.1 Å². The molecule has 0 radical (unpaired) electrons. The average molecular weight is 415 g/mol. The Labute approximate surface area is 168 Å². The van der Waals surface area contributed by atoms with Crippen LogP contribution in [0.4, 0.5) is 5.69 Å². The van der Waals surface area contributed by atoms with Crippen LogP contribution in [0.15, 0.2) is 45.8 Å². The first kappa shape index (κ1) is 19.4. The lowest BCUT2D eigenvalue weighted by Crippen LogP contribution is -2.40. The Bertz CT molecular complexity index is 1180. The van der Waals surface area contributed by atoms with Gasteiger partial charge in [-0.15, -0.1) is 0 Å². The fourth-order valence-electron chi connectivity index (χ4n) is 3.22. The Balaban J connectivity index is 1.69. The summed E-state index contributed by atoms with van der Waals surface area (Å²) in [7, 11) is -3.85. The van der Waals surface area contributed by atoms with Gasteiger partial charge in [0.1, 0.15) is 0 Å². The van der Waals surface area contributed by atoms with E-state index in [1.807, 2.05) is 19.9 Å². The Morgan fingerprint density at radius 2 is 1.90 bits per heavy atom. The summed E-state index contributed by atoms with van der Waals surface area (Å²) in [5.74, 6) is -0.302. The molecule has 0 unspecified atom stereocenters. The third kappa shape index (κ3) is 3.70. The maximum Gasteiger partial charge on any atom is 0.276 e. The standard InChI is InChI=1S/C20H21N3O5S/c1-13-4-3-5-17(14(13)2)22-29(25,26)15-6-7-18-16(12-15)19(21-28-18)20(24)23-8-10-27-11-9-23/h3-7,12,22H,8-11H2,1-2H3. The summed E-state index contributed by atoms with van der Waals surface area (Å²) in [5.41, 5.74) is 2.81. The number of hydrogen-bond acceptors (Lipinski definition) is 6. The largest absolute Gasteiger partial charge is 0.378 e. The molecule has 0 aliphatic carbocycles. The molecular formula is C20H21N3O5S. The molecule has 1 N–H and O–H groups in total. The fourth-order valence-corrected chi connectivity index (χ4v) is 4.37. The maximum atomic E-state index is 12.9. The smallest absolute Gasteiger partial charge is 0.276 e. The van der Waals surface area contributed by atoms with Crippen LogP contribution in [0.5, 0.6) is 0 Å². The van der Waals surface area contributed by atoms with Gasteiger partial charge in [0.15, 0.2) is 11.3 Å². The number of sulfonamides is 1. The third-order valence-electron chi connectivity index (χ3n) is 5.10. The quantitative estimate of drug-likeness (QED) is 0.703. The van der Waals surface area contributed by atoms with Gasteiger partial charge in [-0.1, -0.05) is 17.3 Å². The van der Waals surface area contributed by atoms with Gasteiger partial charge >= 0.3 is 0 Å². The lowest BCUT2D eigenvalue weighted by Gasteiger charge is -2.25. The predicted molar refractivity (Wildman–Crippen MR) is 107 cm³/mol. The minimum atomic E-state index is -3.85. The SMILES string of the molecule is Cc1cccc(NS(=O)(=O)c2ccc3onc(C(=O)N4CCOCC4)c3c2)c1C. The van der Waals surface area contributed by atoms with E-state index in [9.17, 15) is 13.2 Å². The van der Waals surface area contributed by atoms with E-state index in [2.05, 4.69) is 9.88 Å². The summed E-state index contributed by atoms with van der Waals surface area (Å²) in [5, 5.41) is 4.25. The molecule has 1 saturated heterocycles. The summed E-state index contributed by atoms with van der Waals surface area (Å²) >= 11 is 0. The van der Waals surface area contributed by atoms with Crippen molar-refractivity contribution < 1.29 is 22.5 Å². The fraction of sp³-hybridized carbons (Fsp3) is 0.300.